The van der Waals surface area contributed by atoms with E-state index in [1.807, 2.05) is 23.7 Å². The van der Waals surface area contributed by atoms with E-state index in [1.165, 1.54) is 5.56 Å². The molecule has 0 spiro atoms. The quantitative estimate of drug-likeness (QED) is 0.932. The molecule has 6 heteroatoms. The van der Waals surface area contributed by atoms with E-state index in [2.05, 4.69) is 33.2 Å². The van der Waals surface area contributed by atoms with Gasteiger partial charge >= 0.3 is 0 Å². The van der Waals surface area contributed by atoms with Crippen LogP contribution in [-0.2, 0) is 13.6 Å². The summed E-state index contributed by atoms with van der Waals surface area (Å²) in [5.41, 5.74) is 3.05. The van der Waals surface area contributed by atoms with Gasteiger partial charge in [-0.2, -0.15) is 5.26 Å². The van der Waals surface area contributed by atoms with E-state index >= 15 is 0 Å². The van der Waals surface area contributed by atoms with Crippen LogP contribution in [0.5, 0.6) is 0 Å². The van der Waals surface area contributed by atoms with Gasteiger partial charge in [-0.3, -0.25) is 0 Å². The predicted octanol–water partition coefficient (Wildman–Crippen LogP) is 1.75. The van der Waals surface area contributed by atoms with E-state index in [4.69, 9.17) is 5.26 Å². The Morgan fingerprint density at radius 2 is 2.17 bits per heavy atom. The highest BCUT2D eigenvalue weighted by Gasteiger charge is 2.21. The van der Waals surface area contributed by atoms with Crippen LogP contribution in [0.25, 0.3) is 0 Å². The maximum Gasteiger partial charge on any atom is 0.225 e. The van der Waals surface area contributed by atoms with E-state index in [1.54, 1.807) is 12.4 Å². The number of nitrogens with one attached hydrogen (secondary N) is 1. The van der Waals surface area contributed by atoms with Crippen molar-refractivity contribution >= 4 is 5.95 Å². The molecule has 1 aliphatic heterocycles. The molecular formula is C17H22N6. The van der Waals surface area contributed by atoms with E-state index in [9.17, 15) is 0 Å². The van der Waals surface area contributed by atoms with Crippen molar-refractivity contribution in [1.82, 2.24) is 19.9 Å². The van der Waals surface area contributed by atoms with Gasteiger partial charge in [0, 0.05) is 50.8 Å². The summed E-state index contributed by atoms with van der Waals surface area (Å²) in [7, 11) is 1.94. The van der Waals surface area contributed by atoms with Crippen LogP contribution in [0, 0.1) is 18.3 Å². The molecule has 1 N–H and O–H groups in total. The Morgan fingerprint density at radius 3 is 2.87 bits per heavy atom. The Balaban J connectivity index is 1.62. The summed E-state index contributed by atoms with van der Waals surface area (Å²) in [6, 6.07) is 6.46. The minimum absolute atomic E-state index is 0.415. The minimum Gasteiger partial charge on any atom is -0.340 e. The first kappa shape index (κ1) is 15.5. The van der Waals surface area contributed by atoms with Gasteiger partial charge in [-0.25, -0.2) is 9.97 Å². The number of piperidine rings is 1. The van der Waals surface area contributed by atoms with Gasteiger partial charge in [-0.1, -0.05) is 0 Å². The van der Waals surface area contributed by atoms with Gasteiger partial charge in [-0.05, 0) is 37.5 Å². The normalized spacial score (nSPS) is 18.0. The SMILES string of the molecule is Cc1c(CN[C@@H]2CCCN(c3ncccn3)C2)cc(C#N)n1C. The molecule has 0 aliphatic carbocycles. The lowest BCUT2D eigenvalue weighted by Gasteiger charge is -2.33. The van der Waals surface area contributed by atoms with Crippen LogP contribution in [0.3, 0.4) is 0 Å². The molecule has 0 bridgehead atoms. The average Bonchev–Trinajstić information content (AvgIpc) is 2.88. The van der Waals surface area contributed by atoms with E-state index in [0.717, 1.165) is 44.1 Å². The zero-order chi connectivity index (χ0) is 16.2. The first-order valence-electron chi connectivity index (χ1n) is 7.99. The monoisotopic (exact) mass is 310 g/mol. The third kappa shape index (κ3) is 3.35. The third-order valence-corrected chi connectivity index (χ3v) is 4.59. The summed E-state index contributed by atoms with van der Waals surface area (Å²) in [6.07, 6.45) is 5.86. The van der Waals surface area contributed by atoms with Crippen LogP contribution in [0.4, 0.5) is 5.95 Å². The van der Waals surface area contributed by atoms with Crippen molar-refractivity contribution in [1.29, 1.82) is 5.26 Å². The summed E-state index contributed by atoms with van der Waals surface area (Å²) in [5, 5.41) is 12.7. The third-order valence-electron chi connectivity index (χ3n) is 4.59. The molecule has 2 aromatic rings. The number of hydrogen-bond acceptors (Lipinski definition) is 5. The van der Waals surface area contributed by atoms with E-state index in [-0.39, 0.29) is 0 Å². The Bertz CT molecular complexity index is 700. The summed E-state index contributed by atoms with van der Waals surface area (Å²) >= 11 is 0. The number of nitriles is 1. The molecule has 0 saturated carbocycles. The molecule has 0 aromatic carbocycles. The molecule has 120 valence electrons. The average molecular weight is 310 g/mol. The molecule has 1 saturated heterocycles. The number of rotatable bonds is 4. The van der Waals surface area contributed by atoms with Crippen molar-refractivity contribution in [2.45, 2.75) is 32.4 Å². The first-order valence-corrected chi connectivity index (χ1v) is 7.99. The van der Waals surface area contributed by atoms with Crippen LogP contribution < -0.4 is 10.2 Å². The number of hydrogen-bond donors (Lipinski definition) is 1. The van der Waals surface area contributed by atoms with Crippen LogP contribution in [0.15, 0.2) is 24.5 Å². The van der Waals surface area contributed by atoms with Crippen LogP contribution in [0.2, 0.25) is 0 Å². The van der Waals surface area contributed by atoms with Crippen LogP contribution in [0.1, 0.15) is 29.8 Å². The first-order chi connectivity index (χ1) is 11.2. The second-order valence-electron chi connectivity index (χ2n) is 6.03. The molecule has 2 aromatic heterocycles. The molecule has 0 amide bonds. The molecule has 3 rings (SSSR count). The van der Waals surface area contributed by atoms with Crippen LogP contribution >= 0.6 is 0 Å². The highest BCUT2D eigenvalue weighted by Crippen LogP contribution is 2.17. The smallest absolute Gasteiger partial charge is 0.225 e. The topological polar surface area (TPSA) is 69.8 Å². The Labute approximate surface area is 136 Å². The molecule has 1 atom stereocenters. The Morgan fingerprint density at radius 1 is 1.39 bits per heavy atom. The second-order valence-corrected chi connectivity index (χ2v) is 6.03. The van der Waals surface area contributed by atoms with Crippen molar-refractivity contribution in [3.63, 3.8) is 0 Å². The number of nitrogens with zero attached hydrogens (tertiary/aromatic N) is 5. The lowest BCUT2D eigenvalue weighted by atomic mass is 10.1. The molecule has 6 nitrogen and oxygen atoms in total. The van der Waals surface area contributed by atoms with Gasteiger partial charge in [0.05, 0.1) is 0 Å². The Kier molecular flexibility index (Phi) is 4.58. The van der Waals surface area contributed by atoms with Gasteiger partial charge in [0.2, 0.25) is 5.95 Å². The molecule has 1 fully saturated rings. The van der Waals surface area contributed by atoms with Crippen molar-refractivity contribution < 1.29 is 0 Å². The molecular weight excluding hydrogens is 288 g/mol. The van der Waals surface area contributed by atoms with Crippen molar-refractivity contribution in [3.05, 3.63) is 41.5 Å². The highest BCUT2D eigenvalue weighted by molar-refractivity contribution is 5.34. The lowest BCUT2D eigenvalue weighted by Crippen LogP contribution is -2.46. The maximum absolute atomic E-state index is 9.12. The van der Waals surface area contributed by atoms with Gasteiger partial charge in [0.15, 0.2) is 0 Å². The fourth-order valence-electron chi connectivity index (χ4n) is 3.08. The van der Waals surface area contributed by atoms with Crippen molar-refractivity contribution in [2.24, 2.45) is 7.05 Å². The van der Waals surface area contributed by atoms with E-state index < -0.39 is 0 Å². The molecule has 23 heavy (non-hydrogen) atoms. The van der Waals surface area contributed by atoms with Gasteiger partial charge in [-0.15, -0.1) is 0 Å². The molecule has 0 unspecified atom stereocenters. The zero-order valence-electron chi connectivity index (χ0n) is 13.7. The standard InChI is InChI=1S/C17H22N6/c1-13-14(9-16(10-18)22(13)2)11-21-15-5-3-8-23(12-15)17-19-6-4-7-20-17/h4,6-7,9,15,21H,3,5,8,11-12H2,1-2H3/t15-/m1/s1. The Hall–Kier alpha value is -2.39. The summed E-state index contributed by atoms with van der Waals surface area (Å²) in [5.74, 6) is 0.807. The molecule has 1 aliphatic rings. The lowest BCUT2D eigenvalue weighted by molar-refractivity contribution is 0.418. The summed E-state index contributed by atoms with van der Waals surface area (Å²) in [6.45, 7) is 4.77. The number of anilines is 1. The van der Waals surface area contributed by atoms with E-state index in [0.29, 0.717) is 11.7 Å². The van der Waals surface area contributed by atoms with Gasteiger partial charge in [0.25, 0.3) is 0 Å². The zero-order valence-corrected chi connectivity index (χ0v) is 13.7. The fourth-order valence-corrected chi connectivity index (χ4v) is 3.08. The van der Waals surface area contributed by atoms with Gasteiger partial charge in [0.1, 0.15) is 11.8 Å². The fraction of sp³-hybridized carbons (Fsp3) is 0.471. The summed E-state index contributed by atoms with van der Waals surface area (Å²) < 4.78 is 1.95. The second kappa shape index (κ2) is 6.80. The largest absolute Gasteiger partial charge is 0.340 e. The molecule has 3 heterocycles. The predicted molar refractivity (Wildman–Crippen MR) is 89.0 cm³/mol. The van der Waals surface area contributed by atoms with Crippen molar-refractivity contribution in [2.75, 3.05) is 18.0 Å². The van der Waals surface area contributed by atoms with Crippen LogP contribution in [-0.4, -0.2) is 33.7 Å². The molecule has 0 radical (unpaired) electrons. The van der Waals surface area contributed by atoms with Gasteiger partial charge < -0.3 is 14.8 Å². The highest BCUT2D eigenvalue weighted by atomic mass is 15.3. The summed E-state index contributed by atoms with van der Waals surface area (Å²) in [4.78, 5) is 10.9. The maximum atomic E-state index is 9.12. The van der Waals surface area contributed by atoms with Crippen molar-refractivity contribution in [3.8, 4) is 6.07 Å². The minimum atomic E-state index is 0.415. The number of aromatic nitrogens is 3.